The third kappa shape index (κ3) is 2.61. The van der Waals surface area contributed by atoms with Gasteiger partial charge in [-0.15, -0.1) is 11.6 Å². The average molecular weight is 257 g/mol. The summed E-state index contributed by atoms with van der Waals surface area (Å²) in [5, 5.41) is 0. The highest BCUT2D eigenvalue weighted by Crippen LogP contribution is 2.09. The molecule has 1 saturated heterocycles. The molecule has 1 aliphatic rings. The van der Waals surface area contributed by atoms with E-state index in [0.717, 1.165) is 0 Å². The number of rotatable bonds is 2. The van der Waals surface area contributed by atoms with Crippen LogP contribution in [0.2, 0.25) is 0 Å². The smallest absolute Gasteiger partial charge is 0.289 e. The van der Waals surface area contributed by atoms with Gasteiger partial charge in [0.15, 0.2) is 5.76 Å². The molecule has 92 valence electrons. The van der Waals surface area contributed by atoms with E-state index in [2.05, 4.69) is 0 Å². The topological polar surface area (TPSA) is 53.8 Å². The van der Waals surface area contributed by atoms with Crippen LogP contribution in [-0.2, 0) is 4.79 Å². The SMILES string of the molecule is O=C(CCl)N1CCN(C(=O)c2ccco2)CC1. The molecule has 6 heteroatoms. The van der Waals surface area contributed by atoms with E-state index in [0.29, 0.717) is 31.9 Å². The van der Waals surface area contributed by atoms with Crippen molar-refractivity contribution in [2.45, 2.75) is 0 Å². The van der Waals surface area contributed by atoms with Crippen LogP contribution in [0.15, 0.2) is 22.8 Å². The predicted molar refractivity (Wildman–Crippen MR) is 61.9 cm³/mol. The summed E-state index contributed by atoms with van der Waals surface area (Å²) in [6.07, 6.45) is 1.47. The third-order valence-electron chi connectivity index (χ3n) is 2.77. The Morgan fingerprint density at radius 3 is 2.41 bits per heavy atom. The quantitative estimate of drug-likeness (QED) is 0.736. The lowest BCUT2D eigenvalue weighted by molar-refractivity contribution is -0.129. The Balaban J connectivity index is 1.91. The van der Waals surface area contributed by atoms with Crippen LogP contribution in [-0.4, -0.2) is 53.7 Å². The lowest BCUT2D eigenvalue weighted by Crippen LogP contribution is -2.50. The zero-order valence-electron chi connectivity index (χ0n) is 9.26. The van der Waals surface area contributed by atoms with Gasteiger partial charge in [0.25, 0.3) is 5.91 Å². The van der Waals surface area contributed by atoms with E-state index in [4.69, 9.17) is 16.0 Å². The van der Waals surface area contributed by atoms with Crippen LogP contribution in [0.1, 0.15) is 10.6 Å². The van der Waals surface area contributed by atoms with Gasteiger partial charge in [0.1, 0.15) is 5.88 Å². The first-order valence-corrected chi connectivity index (χ1v) is 5.92. The maximum Gasteiger partial charge on any atom is 0.289 e. The van der Waals surface area contributed by atoms with E-state index in [1.165, 1.54) is 6.26 Å². The molecule has 0 unspecified atom stereocenters. The molecule has 2 rings (SSSR count). The van der Waals surface area contributed by atoms with Gasteiger partial charge in [0, 0.05) is 26.2 Å². The molecule has 1 aromatic rings. The maximum atomic E-state index is 11.9. The molecule has 0 saturated carbocycles. The Morgan fingerprint density at radius 1 is 1.24 bits per heavy atom. The fraction of sp³-hybridized carbons (Fsp3) is 0.455. The van der Waals surface area contributed by atoms with Crippen LogP contribution in [0.3, 0.4) is 0 Å². The lowest BCUT2D eigenvalue weighted by Gasteiger charge is -2.34. The number of hydrogen-bond donors (Lipinski definition) is 0. The van der Waals surface area contributed by atoms with Gasteiger partial charge in [-0.1, -0.05) is 0 Å². The molecule has 0 N–H and O–H groups in total. The summed E-state index contributed by atoms with van der Waals surface area (Å²) in [6, 6.07) is 3.32. The highest BCUT2D eigenvalue weighted by molar-refractivity contribution is 6.27. The normalized spacial score (nSPS) is 16.1. The van der Waals surface area contributed by atoms with Crippen LogP contribution in [0.5, 0.6) is 0 Å². The van der Waals surface area contributed by atoms with Crippen molar-refractivity contribution in [3.8, 4) is 0 Å². The van der Waals surface area contributed by atoms with Gasteiger partial charge in [-0.25, -0.2) is 0 Å². The number of amides is 2. The molecule has 0 aliphatic carbocycles. The van der Waals surface area contributed by atoms with Crippen molar-refractivity contribution >= 4 is 23.4 Å². The average Bonchev–Trinajstić information content (AvgIpc) is 2.91. The summed E-state index contributed by atoms with van der Waals surface area (Å²) < 4.78 is 5.05. The van der Waals surface area contributed by atoms with Crippen molar-refractivity contribution in [2.24, 2.45) is 0 Å². The van der Waals surface area contributed by atoms with Gasteiger partial charge >= 0.3 is 0 Å². The fourth-order valence-electron chi connectivity index (χ4n) is 1.80. The number of carbonyl (C=O) groups excluding carboxylic acids is 2. The fourth-order valence-corrected chi connectivity index (χ4v) is 1.97. The molecule has 5 nitrogen and oxygen atoms in total. The Hall–Kier alpha value is -1.49. The second-order valence-corrected chi connectivity index (χ2v) is 4.05. The van der Waals surface area contributed by atoms with E-state index >= 15 is 0 Å². The van der Waals surface area contributed by atoms with Crippen molar-refractivity contribution in [1.29, 1.82) is 0 Å². The van der Waals surface area contributed by atoms with Gasteiger partial charge in [-0.3, -0.25) is 9.59 Å². The monoisotopic (exact) mass is 256 g/mol. The molecular weight excluding hydrogens is 244 g/mol. The van der Waals surface area contributed by atoms with Crippen LogP contribution < -0.4 is 0 Å². The number of alkyl halides is 1. The predicted octanol–water partition coefficient (Wildman–Crippen LogP) is 0.803. The molecule has 0 bridgehead atoms. The molecule has 1 aliphatic heterocycles. The molecule has 0 radical (unpaired) electrons. The summed E-state index contributed by atoms with van der Waals surface area (Å²) in [4.78, 5) is 26.6. The second kappa shape index (κ2) is 5.23. The first-order chi connectivity index (χ1) is 8.22. The van der Waals surface area contributed by atoms with Crippen molar-refractivity contribution < 1.29 is 14.0 Å². The standard InChI is InChI=1S/C11H13ClN2O3/c12-8-10(15)13-3-5-14(6-4-13)11(16)9-2-1-7-17-9/h1-2,7H,3-6,8H2. The Kier molecular flexibility index (Phi) is 3.68. The molecule has 0 aromatic carbocycles. The van der Waals surface area contributed by atoms with Gasteiger partial charge < -0.3 is 14.2 Å². The van der Waals surface area contributed by atoms with Crippen molar-refractivity contribution in [3.05, 3.63) is 24.2 Å². The molecule has 1 fully saturated rings. The first kappa shape index (κ1) is 12.0. The largest absolute Gasteiger partial charge is 0.459 e. The minimum Gasteiger partial charge on any atom is -0.459 e. The molecule has 17 heavy (non-hydrogen) atoms. The highest BCUT2D eigenvalue weighted by atomic mass is 35.5. The summed E-state index contributed by atoms with van der Waals surface area (Å²) in [7, 11) is 0. The van der Waals surface area contributed by atoms with Gasteiger partial charge in [-0.05, 0) is 12.1 Å². The van der Waals surface area contributed by atoms with Crippen molar-refractivity contribution in [1.82, 2.24) is 9.80 Å². The molecule has 2 amide bonds. The molecule has 2 heterocycles. The van der Waals surface area contributed by atoms with Crippen LogP contribution in [0.25, 0.3) is 0 Å². The maximum absolute atomic E-state index is 11.9. The number of furan rings is 1. The van der Waals surface area contributed by atoms with E-state index in [9.17, 15) is 9.59 Å². The number of nitrogens with zero attached hydrogens (tertiary/aromatic N) is 2. The lowest BCUT2D eigenvalue weighted by atomic mass is 10.3. The summed E-state index contributed by atoms with van der Waals surface area (Å²) in [6.45, 7) is 2.08. The third-order valence-corrected chi connectivity index (χ3v) is 2.99. The molecule has 0 atom stereocenters. The summed E-state index contributed by atoms with van der Waals surface area (Å²) in [5.74, 6) is 0.110. The van der Waals surface area contributed by atoms with E-state index < -0.39 is 0 Å². The molecule has 0 spiro atoms. The van der Waals surface area contributed by atoms with Crippen molar-refractivity contribution in [3.63, 3.8) is 0 Å². The van der Waals surface area contributed by atoms with Crippen LogP contribution in [0, 0.1) is 0 Å². The van der Waals surface area contributed by atoms with Crippen LogP contribution in [0.4, 0.5) is 0 Å². The number of halogens is 1. The number of carbonyl (C=O) groups is 2. The number of piperazine rings is 1. The zero-order chi connectivity index (χ0) is 12.3. The van der Waals surface area contributed by atoms with Gasteiger partial charge in [-0.2, -0.15) is 0 Å². The molecule has 1 aromatic heterocycles. The van der Waals surface area contributed by atoms with E-state index in [-0.39, 0.29) is 17.7 Å². The van der Waals surface area contributed by atoms with Crippen LogP contribution >= 0.6 is 11.6 Å². The Morgan fingerprint density at radius 2 is 1.88 bits per heavy atom. The Labute approximate surface area is 104 Å². The second-order valence-electron chi connectivity index (χ2n) is 3.78. The highest BCUT2D eigenvalue weighted by Gasteiger charge is 2.25. The summed E-state index contributed by atoms with van der Waals surface area (Å²) in [5.41, 5.74) is 0. The van der Waals surface area contributed by atoms with Crippen molar-refractivity contribution in [2.75, 3.05) is 32.1 Å². The van der Waals surface area contributed by atoms with E-state index in [1.54, 1.807) is 21.9 Å². The minimum absolute atomic E-state index is 0.00781. The Bertz CT molecular complexity index is 397. The van der Waals surface area contributed by atoms with E-state index in [1.807, 2.05) is 0 Å². The zero-order valence-corrected chi connectivity index (χ0v) is 10.0. The minimum atomic E-state index is -0.132. The van der Waals surface area contributed by atoms with Gasteiger partial charge in [0.2, 0.25) is 5.91 Å². The van der Waals surface area contributed by atoms with Gasteiger partial charge in [0.05, 0.1) is 6.26 Å². The summed E-state index contributed by atoms with van der Waals surface area (Å²) >= 11 is 5.48. The first-order valence-electron chi connectivity index (χ1n) is 5.39. The molecular formula is C11H13ClN2O3. The number of hydrogen-bond acceptors (Lipinski definition) is 3.